The zero-order valence-electron chi connectivity index (χ0n) is 12.0. The number of nitrogens with one attached hydrogen (secondary N) is 2. The lowest BCUT2D eigenvalue weighted by atomic mass is 10.1. The van der Waals surface area contributed by atoms with Crippen molar-refractivity contribution < 1.29 is 10.2 Å². The molecule has 0 saturated carbocycles. The number of rotatable bonds is 4. The summed E-state index contributed by atoms with van der Waals surface area (Å²) in [7, 11) is 0. The van der Waals surface area contributed by atoms with Gasteiger partial charge in [0, 0.05) is 0 Å². The molecule has 2 aromatic rings. The smallest absolute Gasteiger partial charge is 0.187 e. The zero-order valence-corrected chi connectivity index (χ0v) is 12.8. The summed E-state index contributed by atoms with van der Waals surface area (Å²) in [6.45, 7) is 1.99. The van der Waals surface area contributed by atoms with Crippen molar-refractivity contribution in [3.05, 3.63) is 59.7 Å². The van der Waals surface area contributed by atoms with E-state index in [0.29, 0.717) is 5.11 Å². The monoisotopic (exact) mass is 315 g/mol. The molecule has 114 valence electrons. The molecule has 1 atom stereocenters. The SMILES string of the molecule is C[C@@H](NC(=S)N/N=C/c1c(O)cccc1O)c1ccccc1. The van der Waals surface area contributed by atoms with Crippen LogP contribution >= 0.6 is 12.2 Å². The molecule has 5 nitrogen and oxygen atoms in total. The summed E-state index contributed by atoms with van der Waals surface area (Å²) in [5.41, 5.74) is 3.99. The highest BCUT2D eigenvalue weighted by Crippen LogP contribution is 2.23. The second-order valence-electron chi connectivity index (χ2n) is 4.69. The van der Waals surface area contributed by atoms with Crippen LogP contribution in [-0.4, -0.2) is 21.5 Å². The molecule has 0 heterocycles. The average molecular weight is 315 g/mol. The maximum atomic E-state index is 9.62. The molecule has 0 aromatic heterocycles. The number of hydrogen-bond donors (Lipinski definition) is 4. The summed E-state index contributed by atoms with van der Waals surface area (Å²) in [6.07, 6.45) is 1.31. The Morgan fingerprint density at radius 3 is 2.36 bits per heavy atom. The molecule has 0 bridgehead atoms. The van der Waals surface area contributed by atoms with Crippen LogP contribution in [0.2, 0.25) is 0 Å². The number of aromatic hydroxyl groups is 2. The van der Waals surface area contributed by atoms with Gasteiger partial charge in [-0.3, -0.25) is 5.43 Å². The van der Waals surface area contributed by atoms with Crippen molar-refractivity contribution >= 4 is 23.5 Å². The Balaban J connectivity index is 1.92. The highest BCUT2D eigenvalue weighted by atomic mass is 32.1. The number of phenols is 2. The fraction of sp³-hybridized carbons (Fsp3) is 0.125. The van der Waals surface area contributed by atoms with Crippen LogP contribution in [-0.2, 0) is 0 Å². The van der Waals surface area contributed by atoms with E-state index in [2.05, 4.69) is 15.8 Å². The van der Waals surface area contributed by atoms with E-state index in [0.717, 1.165) is 5.56 Å². The number of thiocarbonyl (C=S) groups is 1. The van der Waals surface area contributed by atoms with Crippen molar-refractivity contribution in [1.82, 2.24) is 10.7 Å². The molecule has 0 aliphatic heterocycles. The van der Waals surface area contributed by atoms with Gasteiger partial charge in [-0.25, -0.2) is 0 Å². The lowest BCUT2D eigenvalue weighted by Gasteiger charge is -2.15. The van der Waals surface area contributed by atoms with Crippen molar-refractivity contribution in [1.29, 1.82) is 0 Å². The van der Waals surface area contributed by atoms with Gasteiger partial charge in [0.15, 0.2) is 5.11 Å². The maximum Gasteiger partial charge on any atom is 0.187 e. The molecule has 0 spiro atoms. The first-order valence-corrected chi connectivity index (χ1v) is 7.14. The molecule has 0 aliphatic rings. The van der Waals surface area contributed by atoms with Gasteiger partial charge in [-0.1, -0.05) is 36.4 Å². The third kappa shape index (κ3) is 4.20. The standard InChI is InChI=1S/C16H17N3O2S/c1-11(12-6-3-2-4-7-12)18-16(22)19-17-10-13-14(20)8-5-9-15(13)21/h2-11,20-21H,1H3,(H2,18,19,22)/b17-10+/t11-/m1/s1. The summed E-state index contributed by atoms with van der Waals surface area (Å²) in [5, 5.41) is 26.6. The van der Waals surface area contributed by atoms with Gasteiger partial charge in [0.2, 0.25) is 0 Å². The average Bonchev–Trinajstić information content (AvgIpc) is 2.51. The van der Waals surface area contributed by atoms with E-state index in [1.54, 1.807) is 6.07 Å². The fourth-order valence-electron chi connectivity index (χ4n) is 1.88. The van der Waals surface area contributed by atoms with Crippen LogP contribution in [0.15, 0.2) is 53.6 Å². The summed E-state index contributed by atoms with van der Waals surface area (Å²) >= 11 is 5.15. The van der Waals surface area contributed by atoms with Gasteiger partial charge in [-0.2, -0.15) is 5.10 Å². The lowest BCUT2D eigenvalue weighted by Crippen LogP contribution is -2.34. The molecule has 6 heteroatoms. The highest BCUT2D eigenvalue weighted by Gasteiger charge is 2.06. The number of nitrogens with zero attached hydrogens (tertiary/aromatic N) is 1. The van der Waals surface area contributed by atoms with Gasteiger partial charge < -0.3 is 15.5 Å². The first kappa shape index (κ1) is 15.8. The molecule has 0 amide bonds. The van der Waals surface area contributed by atoms with Crippen LogP contribution in [0.1, 0.15) is 24.1 Å². The zero-order chi connectivity index (χ0) is 15.9. The van der Waals surface area contributed by atoms with E-state index in [9.17, 15) is 10.2 Å². The van der Waals surface area contributed by atoms with E-state index in [1.807, 2.05) is 37.3 Å². The number of hydrogen-bond acceptors (Lipinski definition) is 4. The predicted octanol–water partition coefficient (Wildman–Crippen LogP) is 2.66. The van der Waals surface area contributed by atoms with Crippen molar-refractivity contribution in [2.45, 2.75) is 13.0 Å². The maximum absolute atomic E-state index is 9.62. The Hall–Kier alpha value is -2.60. The van der Waals surface area contributed by atoms with Gasteiger partial charge in [0.05, 0.1) is 17.8 Å². The van der Waals surface area contributed by atoms with Crippen molar-refractivity contribution in [3.63, 3.8) is 0 Å². The molecule has 2 rings (SSSR count). The van der Waals surface area contributed by atoms with E-state index in [4.69, 9.17) is 12.2 Å². The second kappa shape index (κ2) is 7.42. The van der Waals surface area contributed by atoms with Gasteiger partial charge >= 0.3 is 0 Å². The molecule has 0 fully saturated rings. The van der Waals surface area contributed by atoms with Crippen molar-refractivity contribution in [3.8, 4) is 11.5 Å². The molecule has 0 unspecified atom stereocenters. The highest BCUT2D eigenvalue weighted by molar-refractivity contribution is 7.80. The summed E-state index contributed by atoms with van der Waals surface area (Å²) in [4.78, 5) is 0. The third-order valence-electron chi connectivity index (χ3n) is 3.07. The van der Waals surface area contributed by atoms with Gasteiger partial charge in [-0.15, -0.1) is 0 Å². The minimum Gasteiger partial charge on any atom is -0.507 e. The molecule has 22 heavy (non-hydrogen) atoms. The molecule has 2 aromatic carbocycles. The third-order valence-corrected chi connectivity index (χ3v) is 3.28. The first-order valence-electron chi connectivity index (χ1n) is 6.73. The van der Waals surface area contributed by atoms with Crippen LogP contribution < -0.4 is 10.7 Å². The van der Waals surface area contributed by atoms with E-state index >= 15 is 0 Å². The number of hydrazone groups is 1. The fourth-order valence-corrected chi connectivity index (χ4v) is 2.11. The number of phenolic OH excluding ortho intramolecular Hbond substituents is 2. The molecule has 0 saturated heterocycles. The van der Waals surface area contributed by atoms with Crippen LogP contribution in [0.3, 0.4) is 0 Å². The Morgan fingerprint density at radius 2 is 1.73 bits per heavy atom. The quantitative estimate of drug-likeness (QED) is 0.396. The van der Waals surface area contributed by atoms with E-state index in [1.165, 1.54) is 18.3 Å². The van der Waals surface area contributed by atoms with Crippen LogP contribution in [0.5, 0.6) is 11.5 Å². The first-order chi connectivity index (χ1) is 10.6. The van der Waals surface area contributed by atoms with Crippen LogP contribution in [0, 0.1) is 0 Å². The summed E-state index contributed by atoms with van der Waals surface area (Å²) < 4.78 is 0. The van der Waals surface area contributed by atoms with E-state index < -0.39 is 0 Å². The predicted molar refractivity (Wildman–Crippen MR) is 91.1 cm³/mol. The second-order valence-corrected chi connectivity index (χ2v) is 5.09. The largest absolute Gasteiger partial charge is 0.507 e. The summed E-state index contributed by atoms with van der Waals surface area (Å²) in [6, 6.07) is 14.4. The van der Waals surface area contributed by atoms with Crippen LogP contribution in [0.25, 0.3) is 0 Å². The topological polar surface area (TPSA) is 76.9 Å². The Labute approximate surface area is 134 Å². The van der Waals surface area contributed by atoms with Crippen molar-refractivity contribution in [2.75, 3.05) is 0 Å². The minimum atomic E-state index is -0.0536. The Kier molecular flexibility index (Phi) is 5.32. The normalized spacial score (nSPS) is 12.0. The van der Waals surface area contributed by atoms with Gasteiger partial charge in [-0.05, 0) is 36.8 Å². The molecular formula is C16H17N3O2S. The molecule has 0 aliphatic carbocycles. The number of benzene rings is 2. The van der Waals surface area contributed by atoms with Crippen LogP contribution in [0.4, 0.5) is 0 Å². The molecular weight excluding hydrogens is 298 g/mol. The lowest BCUT2D eigenvalue weighted by molar-refractivity contribution is 0.449. The molecule has 0 radical (unpaired) electrons. The Bertz CT molecular complexity index is 654. The van der Waals surface area contributed by atoms with E-state index in [-0.39, 0.29) is 23.1 Å². The van der Waals surface area contributed by atoms with Gasteiger partial charge in [0.25, 0.3) is 0 Å². The summed E-state index contributed by atoms with van der Waals surface area (Å²) in [5.74, 6) is -0.107. The Morgan fingerprint density at radius 1 is 1.09 bits per heavy atom. The molecule has 4 N–H and O–H groups in total. The minimum absolute atomic E-state index is 0.0370. The van der Waals surface area contributed by atoms with Crippen molar-refractivity contribution in [2.24, 2.45) is 5.10 Å². The van der Waals surface area contributed by atoms with Gasteiger partial charge in [0.1, 0.15) is 11.5 Å².